The highest BCUT2D eigenvalue weighted by molar-refractivity contribution is 7.99. The molecular formula is C18H18ClNO3S. The van der Waals surface area contributed by atoms with Crippen molar-refractivity contribution in [2.75, 3.05) is 17.7 Å². The van der Waals surface area contributed by atoms with Crippen molar-refractivity contribution >= 4 is 40.9 Å². The molecule has 0 heterocycles. The highest BCUT2D eigenvalue weighted by Gasteiger charge is 2.07. The molecule has 0 aromatic heterocycles. The monoisotopic (exact) mass is 363 g/mol. The molecule has 0 fully saturated rings. The number of rotatable bonds is 7. The number of thioether (sulfide) groups is 1. The summed E-state index contributed by atoms with van der Waals surface area (Å²) >= 11 is 7.36. The molecular weight excluding hydrogens is 346 g/mol. The quantitative estimate of drug-likeness (QED) is 0.741. The Morgan fingerprint density at radius 1 is 1.08 bits per heavy atom. The highest BCUT2D eigenvalue weighted by Crippen LogP contribution is 2.16. The van der Waals surface area contributed by atoms with Crippen LogP contribution in [0.3, 0.4) is 0 Å². The first-order valence-corrected chi connectivity index (χ1v) is 9.01. The molecule has 0 spiro atoms. The fourth-order valence-electron chi connectivity index (χ4n) is 1.94. The summed E-state index contributed by atoms with van der Waals surface area (Å²) in [7, 11) is 0. The van der Waals surface area contributed by atoms with E-state index in [0.29, 0.717) is 28.6 Å². The molecule has 0 saturated heterocycles. The number of amides is 1. The zero-order chi connectivity index (χ0) is 17.4. The van der Waals surface area contributed by atoms with Crippen molar-refractivity contribution in [2.45, 2.75) is 12.7 Å². The van der Waals surface area contributed by atoms with Crippen LogP contribution in [-0.4, -0.2) is 24.2 Å². The molecule has 126 valence electrons. The second kappa shape index (κ2) is 9.35. The molecule has 2 aromatic rings. The van der Waals surface area contributed by atoms with Crippen molar-refractivity contribution in [1.82, 2.24) is 0 Å². The van der Waals surface area contributed by atoms with Crippen molar-refractivity contribution < 1.29 is 14.3 Å². The topological polar surface area (TPSA) is 55.4 Å². The number of ether oxygens (including phenoxy) is 1. The van der Waals surface area contributed by atoms with Gasteiger partial charge in [0, 0.05) is 16.5 Å². The lowest BCUT2D eigenvalue weighted by Gasteiger charge is -2.07. The number of esters is 1. The number of hydrogen-bond acceptors (Lipinski definition) is 4. The summed E-state index contributed by atoms with van der Waals surface area (Å²) < 4.78 is 4.91. The Morgan fingerprint density at radius 2 is 1.75 bits per heavy atom. The van der Waals surface area contributed by atoms with Crippen molar-refractivity contribution in [3.05, 3.63) is 64.7 Å². The molecule has 0 radical (unpaired) electrons. The fraction of sp³-hybridized carbons (Fsp3) is 0.222. The Hall–Kier alpha value is -1.98. The third-order valence-electron chi connectivity index (χ3n) is 3.09. The minimum Gasteiger partial charge on any atom is -0.462 e. The van der Waals surface area contributed by atoms with E-state index in [4.69, 9.17) is 16.3 Å². The van der Waals surface area contributed by atoms with E-state index < -0.39 is 0 Å². The maximum Gasteiger partial charge on any atom is 0.338 e. The lowest BCUT2D eigenvalue weighted by molar-refractivity contribution is -0.113. The average molecular weight is 364 g/mol. The minimum atomic E-state index is -0.367. The maximum absolute atomic E-state index is 11.9. The zero-order valence-electron chi connectivity index (χ0n) is 13.3. The molecule has 0 aliphatic rings. The molecule has 6 heteroatoms. The van der Waals surface area contributed by atoms with Gasteiger partial charge in [-0.05, 0) is 48.9 Å². The Bertz CT molecular complexity index is 686. The van der Waals surface area contributed by atoms with Crippen LogP contribution in [0.2, 0.25) is 5.02 Å². The minimum absolute atomic E-state index is 0.0853. The van der Waals surface area contributed by atoms with Crippen LogP contribution < -0.4 is 5.32 Å². The van der Waals surface area contributed by atoms with Crippen molar-refractivity contribution in [3.63, 3.8) is 0 Å². The van der Waals surface area contributed by atoms with Gasteiger partial charge < -0.3 is 10.1 Å². The van der Waals surface area contributed by atoms with Gasteiger partial charge in [0.25, 0.3) is 0 Å². The summed E-state index contributed by atoms with van der Waals surface area (Å²) in [6.45, 7) is 2.09. The van der Waals surface area contributed by atoms with Gasteiger partial charge in [0.05, 0.1) is 17.9 Å². The molecule has 0 aliphatic carbocycles. The Kier molecular flexibility index (Phi) is 7.15. The van der Waals surface area contributed by atoms with Crippen LogP contribution in [0.1, 0.15) is 22.8 Å². The van der Waals surface area contributed by atoms with E-state index >= 15 is 0 Å². The van der Waals surface area contributed by atoms with Gasteiger partial charge in [0.2, 0.25) is 5.91 Å². The third kappa shape index (κ3) is 5.91. The highest BCUT2D eigenvalue weighted by atomic mass is 35.5. The van der Waals surface area contributed by atoms with Gasteiger partial charge in [-0.1, -0.05) is 23.7 Å². The Morgan fingerprint density at radius 3 is 2.38 bits per heavy atom. The summed E-state index contributed by atoms with van der Waals surface area (Å²) in [4.78, 5) is 23.5. The first kappa shape index (κ1) is 18.4. The number of benzene rings is 2. The number of anilines is 1. The lowest BCUT2D eigenvalue weighted by Crippen LogP contribution is -2.14. The van der Waals surface area contributed by atoms with E-state index in [2.05, 4.69) is 5.32 Å². The van der Waals surface area contributed by atoms with Crippen molar-refractivity contribution in [3.8, 4) is 0 Å². The van der Waals surface area contributed by atoms with Gasteiger partial charge in [-0.3, -0.25) is 4.79 Å². The standard InChI is InChI=1S/C18H18ClNO3S/c1-2-23-18(22)14-5-9-16(10-6-14)20-17(21)12-24-11-13-3-7-15(19)8-4-13/h3-10H,2,11-12H2,1H3,(H,20,21). The predicted octanol–water partition coefficient (Wildman–Crippen LogP) is 4.39. The van der Waals surface area contributed by atoms with Gasteiger partial charge in [0.15, 0.2) is 0 Å². The van der Waals surface area contributed by atoms with Crippen LogP contribution in [0.25, 0.3) is 0 Å². The van der Waals surface area contributed by atoms with Gasteiger partial charge >= 0.3 is 5.97 Å². The summed E-state index contributed by atoms with van der Waals surface area (Å²) in [5.74, 6) is 0.640. The lowest BCUT2D eigenvalue weighted by atomic mass is 10.2. The molecule has 0 bridgehead atoms. The molecule has 0 aliphatic heterocycles. The van der Waals surface area contributed by atoms with E-state index in [-0.39, 0.29) is 11.9 Å². The summed E-state index contributed by atoms with van der Waals surface area (Å²) in [6.07, 6.45) is 0. The normalized spacial score (nSPS) is 10.2. The first-order valence-electron chi connectivity index (χ1n) is 7.47. The number of halogens is 1. The second-order valence-corrected chi connectivity index (χ2v) is 6.39. The smallest absolute Gasteiger partial charge is 0.338 e. The molecule has 0 saturated carbocycles. The number of hydrogen-bond donors (Lipinski definition) is 1. The van der Waals surface area contributed by atoms with Gasteiger partial charge in [-0.25, -0.2) is 4.79 Å². The number of carbonyl (C=O) groups excluding carboxylic acids is 2. The second-order valence-electron chi connectivity index (χ2n) is 4.97. The van der Waals surface area contributed by atoms with Crippen molar-refractivity contribution in [2.24, 2.45) is 0 Å². The van der Waals surface area contributed by atoms with E-state index in [1.807, 2.05) is 24.3 Å². The Balaban J connectivity index is 1.77. The van der Waals surface area contributed by atoms with Gasteiger partial charge in [-0.2, -0.15) is 0 Å². The SMILES string of the molecule is CCOC(=O)c1ccc(NC(=O)CSCc2ccc(Cl)cc2)cc1. The van der Waals surface area contributed by atoms with Crippen LogP contribution >= 0.6 is 23.4 Å². The molecule has 24 heavy (non-hydrogen) atoms. The molecule has 0 unspecified atom stereocenters. The first-order chi connectivity index (χ1) is 11.6. The van der Waals surface area contributed by atoms with E-state index in [1.165, 1.54) is 11.8 Å². The van der Waals surface area contributed by atoms with Crippen LogP contribution in [0.5, 0.6) is 0 Å². The zero-order valence-corrected chi connectivity index (χ0v) is 14.8. The largest absolute Gasteiger partial charge is 0.462 e. The number of carbonyl (C=O) groups is 2. The maximum atomic E-state index is 11.9. The molecule has 2 rings (SSSR count). The predicted molar refractivity (Wildman–Crippen MR) is 98.6 cm³/mol. The van der Waals surface area contributed by atoms with Crippen LogP contribution in [0.15, 0.2) is 48.5 Å². The third-order valence-corrected chi connectivity index (χ3v) is 4.35. The van der Waals surface area contributed by atoms with E-state index in [0.717, 1.165) is 11.3 Å². The molecule has 2 aromatic carbocycles. The van der Waals surface area contributed by atoms with Gasteiger partial charge in [0.1, 0.15) is 0 Å². The Labute approximate surface area is 150 Å². The van der Waals surface area contributed by atoms with Crippen LogP contribution in [0, 0.1) is 0 Å². The molecule has 1 amide bonds. The summed E-state index contributed by atoms with van der Waals surface area (Å²) in [5, 5.41) is 3.50. The fourth-order valence-corrected chi connectivity index (χ4v) is 2.86. The summed E-state index contributed by atoms with van der Waals surface area (Å²) in [6, 6.07) is 14.2. The van der Waals surface area contributed by atoms with Crippen molar-refractivity contribution in [1.29, 1.82) is 0 Å². The van der Waals surface area contributed by atoms with E-state index in [9.17, 15) is 9.59 Å². The van der Waals surface area contributed by atoms with Crippen LogP contribution in [-0.2, 0) is 15.3 Å². The van der Waals surface area contributed by atoms with Crippen LogP contribution in [0.4, 0.5) is 5.69 Å². The molecule has 0 atom stereocenters. The molecule has 1 N–H and O–H groups in total. The average Bonchev–Trinajstić information content (AvgIpc) is 2.57. The molecule has 4 nitrogen and oxygen atoms in total. The summed E-state index contributed by atoms with van der Waals surface area (Å²) in [5.41, 5.74) is 2.24. The number of nitrogens with one attached hydrogen (secondary N) is 1. The van der Waals surface area contributed by atoms with E-state index in [1.54, 1.807) is 31.2 Å². The van der Waals surface area contributed by atoms with Gasteiger partial charge in [-0.15, -0.1) is 11.8 Å².